The van der Waals surface area contributed by atoms with Gasteiger partial charge in [0.25, 0.3) is 0 Å². The molecule has 5 nitrogen and oxygen atoms in total. The highest BCUT2D eigenvalue weighted by Gasteiger charge is 2.31. The van der Waals surface area contributed by atoms with E-state index in [-0.39, 0.29) is 6.61 Å². The van der Waals surface area contributed by atoms with Crippen LogP contribution >= 0.6 is 8.53 Å². The molecule has 11 heteroatoms. The third kappa shape index (κ3) is 5.49. The summed E-state index contributed by atoms with van der Waals surface area (Å²) in [5, 5.41) is 2.45. The minimum Gasteiger partial charge on any atom is -0.462 e. The van der Waals surface area contributed by atoms with E-state index in [2.05, 4.69) is 5.09 Å². The van der Waals surface area contributed by atoms with Crippen LogP contribution in [-0.2, 0) is 14.1 Å². The maximum Gasteiger partial charge on any atom is 0.323 e. The van der Waals surface area contributed by atoms with Crippen molar-refractivity contribution in [2.24, 2.45) is 0 Å². The van der Waals surface area contributed by atoms with Gasteiger partial charge in [-0.25, -0.2) is 18.3 Å². The van der Waals surface area contributed by atoms with Gasteiger partial charge in [-0.1, -0.05) is 0 Å². The molecule has 0 bridgehead atoms. The number of hydrogen-bond acceptors (Lipinski definition) is 5. The lowest BCUT2D eigenvalue weighted by Gasteiger charge is -2.22. The summed E-state index contributed by atoms with van der Waals surface area (Å²) < 4.78 is 81.5. The molecule has 1 N–H and O–H groups in total. The van der Waals surface area contributed by atoms with Crippen LogP contribution in [0, 0.1) is 29.1 Å². The molecule has 1 rings (SSSR count). The minimum atomic E-state index is -2.39. The second kappa shape index (κ2) is 9.26. The van der Waals surface area contributed by atoms with Crippen LogP contribution in [0.1, 0.15) is 27.7 Å². The molecule has 0 fully saturated rings. The molecule has 2 atom stereocenters. The zero-order chi connectivity index (χ0) is 19.3. The number of ether oxygens (including phenoxy) is 1. The molecule has 142 valence electrons. The number of rotatable bonds is 8. The first-order valence-electron chi connectivity index (χ1n) is 7.19. The molecule has 0 heterocycles. The van der Waals surface area contributed by atoms with Crippen LogP contribution in [0.4, 0.5) is 22.0 Å². The van der Waals surface area contributed by atoms with Crippen molar-refractivity contribution in [2.45, 2.75) is 39.8 Å². The fourth-order valence-corrected chi connectivity index (χ4v) is 2.66. The Bertz CT molecular complexity index is 603. The van der Waals surface area contributed by atoms with Crippen molar-refractivity contribution < 1.29 is 40.5 Å². The quantitative estimate of drug-likeness (QED) is 0.240. The lowest BCUT2D eigenvalue weighted by atomic mass is 10.3. The predicted octanol–water partition coefficient (Wildman–Crippen LogP) is 3.95. The van der Waals surface area contributed by atoms with Crippen molar-refractivity contribution in [3.8, 4) is 5.75 Å². The lowest BCUT2D eigenvalue weighted by molar-refractivity contribution is -0.149. The Hall–Kier alpha value is -1.51. The third-order valence-corrected chi connectivity index (χ3v) is 4.03. The van der Waals surface area contributed by atoms with Gasteiger partial charge in [-0.15, -0.1) is 0 Å². The van der Waals surface area contributed by atoms with E-state index < -0.39 is 61.5 Å². The van der Waals surface area contributed by atoms with Gasteiger partial charge >= 0.3 is 14.5 Å². The molecule has 25 heavy (non-hydrogen) atoms. The van der Waals surface area contributed by atoms with Crippen molar-refractivity contribution >= 4 is 14.5 Å². The molecule has 0 aliphatic rings. The Morgan fingerprint density at radius 3 is 1.92 bits per heavy atom. The number of carbonyl (C=O) groups is 1. The van der Waals surface area contributed by atoms with E-state index in [1.165, 1.54) is 13.8 Å². The van der Waals surface area contributed by atoms with Gasteiger partial charge in [0.15, 0.2) is 0 Å². The molecule has 1 aromatic carbocycles. The van der Waals surface area contributed by atoms with Crippen molar-refractivity contribution in [3.63, 3.8) is 0 Å². The van der Waals surface area contributed by atoms with Crippen molar-refractivity contribution in [1.29, 1.82) is 0 Å². The average molecular weight is 389 g/mol. The highest BCUT2D eigenvalue weighted by atomic mass is 31.2. The largest absolute Gasteiger partial charge is 0.462 e. The minimum absolute atomic E-state index is 0.0138. The smallest absolute Gasteiger partial charge is 0.323 e. The summed E-state index contributed by atoms with van der Waals surface area (Å²) in [5.41, 5.74) is 0. The molecule has 0 amide bonds. The fourth-order valence-electron chi connectivity index (χ4n) is 1.50. The molecule has 0 aliphatic heterocycles. The molecule has 0 aliphatic carbocycles. The second-order valence-corrected chi connectivity index (χ2v) is 6.21. The molecule has 0 aromatic heterocycles. The Balaban J connectivity index is 3.01. The van der Waals surface area contributed by atoms with Crippen LogP contribution in [-0.4, -0.2) is 24.7 Å². The Labute approximate surface area is 142 Å². The van der Waals surface area contributed by atoms with Crippen LogP contribution in [0.15, 0.2) is 0 Å². The first-order chi connectivity index (χ1) is 11.6. The van der Waals surface area contributed by atoms with E-state index in [9.17, 15) is 26.7 Å². The predicted molar refractivity (Wildman–Crippen MR) is 79.2 cm³/mol. The van der Waals surface area contributed by atoms with Crippen molar-refractivity contribution in [1.82, 2.24) is 5.09 Å². The highest BCUT2D eigenvalue weighted by molar-refractivity contribution is 7.45. The van der Waals surface area contributed by atoms with Gasteiger partial charge in [-0.05, 0) is 27.7 Å². The second-order valence-electron chi connectivity index (χ2n) is 5.00. The number of halogens is 5. The van der Waals surface area contributed by atoms with E-state index in [0.717, 1.165) is 0 Å². The number of nitrogens with one attached hydrogen (secondary N) is 1. The molecule has 0 saturated heterocycles. The van der Waals surface area contributed by atoms with E-state index in [1.807, 2.05) is 0 Å². The number of carbonyl (C=O) groups excluding carboxylic acids is 1. The highest BCUT2D eigenvalue weighted by Crippen LogP contribution is 2.40. The van der Waals surface area contributed by atoms with E-state index >= 15 is 0 Å². The summed E-state index contributed by atoms with van der Waals surface area (Å²) in [6.07, 6.45) is -0.411. The normalized spacial score (nSPS) is 13.7. The molecule has 2 unspecified atom stereocenters. The zero-order valence-corrected chi connectivity index (χ0v) is 14.7. The van der Waals surface area contributed by atoms with Gasteiger partial charge in [0.2, 0.25) is 34.8 Å². The maximum atomic E-state index is 13.7. The first-order valence-corrected chi connectivity index (χ1v) is 8.36. The monoisotopic (exact) mass is 389 g/mol. The van der Waals surface area contributed by atoms with Gasteiger partial charge < -0.3 is 13.8 Å². The summed E-state index contributed by atoms with van der Waals surface area (Å²) in [5.74, 6) is -13.1. The van der Waals surface area contributed by atoms with Crippen LogP contribution < -0.4 is 9.61 Å². The Morgan fingerprint density at radius 2 is 1.48 bits per heavy atom. The van der Waals surface area contributed by atoms with Crippen molar-refractivity contribution in [2.75, 3.05) is 6.61 Å². The number of hydrogen-bond donors (Lipinski definition) is 1. The van der Waals surface area contributed by atoms with E-state index in [4.69, 9.17) is 13.8 Å². The van der Waals surface area contributed by atoms with E-state index in [0.29, 0.717) is 0 Å². The molecule has 0 spiro atoms. The Kier molecular flexibility index (Phi) is 7.98. The van der Waals surface area contributed by atoms with Gasteiger partial charge in [-0.2, -0.15) is 8.78 Å². The van der Waals surface area contributed by atoms with E-state index in [1.54, 1.807) is 13.8 Å². The van der Waals surface area contributed by atoms with Crippen LogP contribution in [0.2, 0.25) is 0 Å². The number of benzene rings is 1. The van der Waals surface area contributed by atoms with Crippen LogP contribution in [0.5, 0.6) is 5.75 Å². The first kappa shape index (κ1) is 21.5. The van der Waals surface area contributed by atoms with Gasteiger partial charge in [-0.3, -0.25) is 4.79 Å². The van der Waals surface area contributed by atoms with Gasteiger partial charge in [0.05, 0.1) is 12.7 Å². The number of esters is 1. The summed E-state index contributed by atoms with van der Waals surface area (Å²) in [4.78, 5) is 11.7. The summed E-state index contributed by atoms with van der Waals surface area (Å²) in [7, 11) is -2.39. The summed E-state index contributed by atoms with van der Waals surface area (Å²) in [6, 6.07) is -1.01. The third-order valence-electron chi connectivity index (χ3n) is 2.59. The van der Waals surface area contributed by atoms with Crippen molar-refractivity contribution in [3.05, 3.63) is 29.1 Å². The summed E-state index contributed by atoms with van der Waals surface area (Å²) >= 11 is 0. The fraction of sp³-hybridized carbons (Fsp3) is 0.500. The lowest BCUT2D eigenvalue weighted by Crippen LogP contribution is -2.34. The Morgan fingerprint density at radius 1 is 1.00 bits per heavy atom. The average Bonchev–Trinajstić information content (AvgIpc) is 2.54. The molecule has 0 saturated carbocycles. The SMILES string of the molecule is CCOP(NC(C)C(=O)OC(C)C)Oc1c(F)c(F)c(F)c(F)c1F. The molecule has 1 aromatic rings. The van der Waals surface area contributed by atoms with Crippen LogP contribution in [0.25, 0.3) is 0 Å². The topological polar surface area (TPSA) is 56.8 Å². The standard InChI is InChI=1S/C14H17F5NO4P/c1-5-22-25(20-7(4)14(21)23-6(2)3)24-13-11(18)9(16)8(15)10(17)12(13)19/h6-7,20H,5H2,1-4H3. The summed E-state index contributed by atoms with van der Waals surface area (Å²) in [6.45, 7) is 6.08. The van der Waals surface area contributed by atoms with Gasteiger partial charge in [0, 0.05) is 0 Å². The molecular weight excluding hydrogens is 372 g/mol. The molecular formula is C14H17F5NO4P. The molecule has 0 radical (unpaired) electrons. The maximum absolute atomic E-state index is 13.7. The van der Waals surface area contributed by atoms with Gasteiger partial charge in [0.1, 0.15) is 6.04 Å². The zero-order valence-electron chi connectivity index (χ0n) is 13.8. The van der Waals surface area contributed by atoms with Crippen LogP contribution in [0.3, 0.4) is 0 Å².